The lowest BCUT2D eigenvalue weighted by Crippen LogP contribution is -2.31. The molecule has 0 saturated heterocycles. The van der Waals surface area contributed by atoms with Crippen LogP contribution in [0.5, 0.6) is 0 Å². The van der Waals surface area contributed by atoms with Gasteiger partial charge in [-0.1, -0.05) is 162 Å². The van der Waals surface area contributed by atoms with E-state index >= 15 is 0 Å². The molecule has 1 amide bonds. The number of rotatable bonds is 41. The number of ether oxygens (including phenoxy) is 3. The van der Waals surface area contributed by atoms with Crippen molar-refractivity contribution in [2.45, 2.75) is 246 Å². The van der Waals surface area contributed by atoms with Crippen molar-refractivity contribution < 1.29 is 28.6 Å². The predicted molar refractivity (Wildman–Crippen MR) is 235 cm³/mol. The van der Waals surface area contributed by atoms with Crippen LogP contribution in [0.15, 0.2) is 12.4 Å². The first-order valence-electron chi connectivity index (χ1n) is 24.1. The van der Waals surface area contributed by atoms with E-state index in [0.717, 1.165) is 89.4 Å². The van der Waals surface area contributed by atoms with E-state index in [1.165, 1.54) is 109 Å². The average molecular weight is 804 g/mol. The lowest BCUT2D eigenvalue weighted by Gasteiger charge is -2.20. The molecule has 0 aliphatic rings. The minimum Gasteiger partial charge on any atom is -0.466 e. The van der Waals surface area contributed by atoms with Gasteiger partial charge >= 0.3 is 18.0 Å². The molecular formula is C48H89N3O6. The maximum atomic E-state index is 13.1. The summed E-state index contributed by atoms with van der Waals surface area (Å²) in [6, 6.07) is 0. The Morgan fingerprint density at radius 1 is 0.596 bits per heavy atom. The number of esters is 2. The van der Waals surface area contributed by atoms with Crippen molar-refractivity contribution in [3.63, 3.8) is 0 Å². The molecule has 0 spiro atoms. The molecule has 57 heavy (non-hydrogen) atoms. The fraction of sp³-hybridized carbons (Fsp3) is 0.875. The summed E-state index contributed by atoms with van der Waals surface area (Å²) in [6.45, 7) is 10.8. The van der Waals surface area contributed by atoms with Crippen LogP contribution in [-0.4, -0.2) is 53.4 Å². The van der Waals surface area contributed by atoms with Crippen LogP contribution in [0.1, 0.15) is 232 Å². The van der Waals surface area contributed by atoms with Crippen LogP contribution in [0.4, 0.5) is 4.79 Å². The van der Waals surface area contributed by atoms with Gasteiger partial charge < -0.3 is 24.1 Å². The molecule has 1 heterocycles. The van der Waals surface area contributed by atoms with Crippen molar-refractivity contribution in [1.29, 1.82) is 0 Å². The van der Waals surface area contributed by atoms with E-state index in [2.05, 4.69) is 35.6 Å². The molecule has 1 atom stereocenters. The fourth-order valence-electron chi connectivity index (χ4n) is 7.57. The molecule has 1 rings (SSSR count). The average Bonchev–Trinajstić information content (AvgIpc) is 3.61. The Bertz CT molecular complexity index is 1060. The first-order valence-corrected chi connectivity index (χ1v) is 24.1. The summed E-state index contributed by atoms with van der Waals surface area (Å²) in [6.07, 6.45) is 38.1. The van der Waals surface area contributed by atoms with Crippen molar-refractivity contribution in [3.05, 3.63) is 18.2 Å². The summed E-state index contributed by atoms with van der Waals surface area (Å²) in [4.78, 5) is 42.0. The van der Waals surface area contributed by atoms with E-state index in [4.69, 9.17) is 14.2 Å². The number of unbranched alkanes of at least 4 members (excludes halogenated alkanes) is 21. The van der Waals surface area contributed by atoms with Crippen LogP contribution in [0.25, 0.3) is 0 Å². The largest absolute Gasteiger partial charge is 0.466 e. The molecule has 0 saturated carbocycles. The maximum absolute atomic E-state index is 13.1. The summed E-state index contributed by atoms with van der Waals surface area (Å²) in [5.41, 5.74) is 0. The van der Waals surface area contributed by atoms with Crippen LogP contribution in [0, 0.1) is 12.8 Å². The Kier molecular flexibility index (Phi) is 35.8. The third kappa shape index (κ3) is 33.0. The van der Waals surface area contributed by atoms with Crippen molar-refractivity contribution in [1.82, 2.24) is 14.9 Å². The molecule has 0 aromatic carbocycles. The van der Waals surface area contributed by atoms with E-state index in [9.17, 15) is 14.4 Å². The van der Waals surface area contributed by atoms with Crippen molar-refractivity contribution in [3.8, 4) is 0 Å². The van der Waals surface area contributed by atoms with Gasteiger partial charge in [-0.15, -0.1) is 0 Å². The van der Waals surface area contributed by atoms with Crippen molar-refractivity contribution >= 4 is 18.0 Å². The monoisotopic (exact) mass is 804 g/mol. The van der Waals surface area contributed by atoms with Gasteiger partial charge in [-0.05, 0) is 57.8 Å². The SMILES string of the molecule is CCCCCCCCC(CCCCCCCC)CC(=O)OCCC(CCCCCCCCCCOC(=O)CCCCCCC)OC(=O)NCCCn1ccnc1C. The number of hydrogen-bond donors (Lipinski definition) is 1. The Hall–Kier alpha value is -2.58. The number of carbonyl (C=O) groups is 3. The van der Waals surface area contributed by atoms with E-state index in [1.807, 2.05) is 13.1 Å². The standard InChI is InChI=1S/C48H89N3O6/c1-5-8-11-14-21-25-31-44(32-26-22-15-12-9-6-2)42-47(53)56-41-35-45(57-48(54)50-36-30-38-51-39-37-49-43(51)4)33-27-23-18-16-17-19-24-29-40-55-46(52)34-28-20-13-10-7-3/h37,39,44-45H,5-36,38,40-42H2,1-4H3,(H,50,54). The summed E-state index contributed by atoms with van der Waals surface area (Å²) in [7, 11) is 0. The minimum atomic E-state index is -0.399. The second-order valence-electron chi connectivity index (χ2n) is 16.7. The third-order valence-corrected chi connectivity index (χ3v) is 11.3. The van der Waals surface area contributed by atoms with Gasteiger partial charge in [-0.3, -0.25) is 9.59 Å². The quantitative estimate of drug-likeness (QED) is 0.0399. The van der Waals surface area contributed by atoms with Crippen LogP contribution in [0.2, 0.25) is 0 Å². The molecule has 332 valence electrons. The lowest BCUT2D eigenvalue weighted by molar-refractivity contribution is -0.146. The maximum Gasteiger partial charge on any atom is 0.407 e. The highest BCUT2D eigenvalue weighted by molar-refractivity contribution is 5.70. The lowest BCUT2D eigenvalue weighted by atomic mass is 9.91. The molecule has 9 nitrogen and oxygen atoms in total. The number of alkyl carbamates (subject to hydrolysis) is 1. The minimum absolute atomic E-state index is 0.0450. The number of amides is 1. The normalized spacial score (nSPS) is 11.9. The first-order chi connectivity index (χ1) is 27.9. The van der Waals surface area contributed by atoms with Crippen LogP contribution < -0.4 is 5.32 Å². The highest BCUT2D eigenvalue weighted by Gasteiger charge is 2.18. The number of hydrogen-bond acceptors (Lipinski definition) is 7. The summed E-state index contributed by atoms with van der Waals surface area (Å²) >= 11 is 0. The first kappa shape index (κ1) is 52.4. The Morgan fingerprint density at radius 2 is 1.11 bits per heavy atom. The van der Waals surface area contributed by atoms with E-state index in [1.54, 1.807) is 6.20 Å². The second kappa shape index (κ2) is 38.9. The van der Waals surface area contributed by atoms with E-state index in [0.29, 0.717) is 38.3 Å². The number of carbonyl (C=O) groups excluding carboxylic acids is 3. The zero-order valence-electron chi connectivity index (χ0n) is 37.6. The Labute approximate surface area is 350 Å². The summed E-state index contributed by atoms with van der Waals surface area (Å²) in [5, 5.41) is 2.92. The molecule has 0 bridgehead atoms. The van der Waals surface area contributed by atoms with Gasteiger partial charge in [-0.25, -0.2) is 9.78 Å². The van der Waals surface area contributed by atoms with Crippen LogP contribution in [-0.2, 0) is 30.3 Å². The number of nitrogens with zero attached hydrogens (tertiary/aromatic N) is 2. The van der Waals surface area contributed by atoms with Crippen molar-refractivity contribution in [2.75, 3.05) is 19.8 Å². The zero-order valence-corrected chi connectivity index (χ0v) is 37.6. The molecule has 1 unspecified atom stereocenters. The number of aryl methyl sites for hydroxylation is 2. The van der Waals surface area contributed by atoms with Crippen LogP contribution in [0.3, 0.4) is 0 Å². The van der Waals surface area contributed by atoms with E-state index in [-0.39, 0.29) is 24.6 Å². The van der Waals surface area contributed by atoms with Gasteiger partial charge in [0, 0.05) is 44.7 Å². The number of imidazole rings is 1. The molecule has 1 aromatic heterocycles. The Morgan fingerprint density at radius 3 is 1.67 bits per heavy atom. The van der Waals surface area contributed by atoms with Crippen molar-refractivity contribution in [2.24, 2.45) is 5.92 Å². The summed E-state index contributed by atoms with van der Waals surface area (Å²) in [5.74, 6) is 1.21. The van der Waals surface area contributed by atoms with Gasteiger partial charge in [0.1, 0.15) is 11.9 Å². The van der Waals surface area contributed by atoms with Gasteiger partial charge in [0.15, 0.2) is 0 Å². The predicted octanol–water partition coefficient (Wildman–Crippen LogP) is 13.5. The zero-order chi connectivity index (χ0) is 41.4. The third-order valence-electron chi connectivity index (χ3n) is 11.3. The second-order valence-corrected chi connectivity index (χ2v) is 16.7. The number of nitrogens with one attached hydrogen (secondary N) is 1. The molecule has 0 aliphatic carbocycles. The van der Waals surface area contributed by atoms with Crippen LogP contribution >= 0.6 is 0 Å². The van der Waals surface area contributed by atoms with Gasteiger partial charge in [0.2, 0.25) is 0 Å². The van der Waals surface area contributed by atoms with E-state index < -0.39 is 6.09 Å². The highest BCUT2D eigenvalue weighted by atomic mass is 16.6. The smallest absolute Gasteiger partial charge is 0.407 e. The molecule has 9 heteroatoms. The highest BCUT2D eigenvalue weighted by Crippen LogP contribution is 2.23. The molecule has 1 N–H and O–H groups in total. The Balaban J connectivity index is 2.44. The molecule has 0 fully saturated rings. The summed E-state index contributed by atoms with van der Waals surface area (Å²) < 4.78 is 19.2. The number of aromatic nitrogens is 2. The fourth-order valence-corrected chi connectivity index (χ4v) is 7.57. The molecular weight excluding hydrogens is 715 g/mol. The van der Waals surface area contributed by atoms with Gasteiger partial charge in [0.05, 0.1) is 13.2 Å². The van der Waals surface area contributed by atoms with Gasteiger partial charge in [0.25, 0.3) is 0 Å². The van der Waals surface area contributed by atoms with Gasteiger partial charge in [-0.2, -0.15) is 0 Å². The molecule has 0 radical (unpaired) electrons. The molecule has 0 aliphatic heterocycles. The topological polar surface area (TPSA) is 109 Å². The molecule has 1 aromatic rings.